The number of carbonyl (C=O) groups is 1. The second kappa shape index (κ2) is 5.15. The Kier molecular flexibility index (Phi) is 3.82. The lowest BCUT2D eigenvalue weighted by molar-refractivity contribution is -0.109. The summed E-state index contributed by atoms with van der Waals surface area (Å²) in [5, 5.41) is 0.586. The molecule has 1 aliphatic rings. The molecule has 16 heavy (non-hydrogen) atoms. The normalized spacial score (nSPS) is 20.9. The van der Waals surface area contributed by atoms with Crippen LogP contribution < -0.4 is 4.90 Å². The SMILES string of the molecule is O=CC1CCCCN1c1ncc(Br)cc1Cl. The molecule has 0 bridgehead atoms. The summed E-state index contributed by atoms with van der Waals surface area (Å²) in [4.78, 5) is 17.3. The van der Waals surface area contributed by atoms with E-state index in [1.165, 1.54) is 0 Å². The standard InChI is InChI=1S/C11H12BrClN2O/c12-8-5-10(13)11(14-6-8)15-4-2-1-3-9(15)7-16/h5-7,9H,1-4H2. The van der Waals surface area contributed by atoms with Gasteiger partial charge in [-0.1, -0.05) is 11.6 Å². The summed E-state index contributed by atoms with van der Waals surface area (Å²) in [7, 11) is 0. The van der Waals surface area contributed by atoms with E-state index in [0.29, 0.717) is 10.8 Å². The lowest BCUT2D eigenvalue weighted by Crippen LogP contribution is -2.41. The average Bonchev–Trinajstić information content (AvgIpc) is 2.29. The first-order chi connectivity index (χ1) is 7.72. The van der Waals surface area contributed by atoms with Gasteiger partial charge in [-0.2, -0.15) is 0 Å². The van der Waals surface area contributed by atoms with Gasteiger partial charge < -0.3 is 9.69 Å². The third-order valence-corrected chi connectivity index (χ3v) is 3.48. The lowest BCUT2D eigenvalue weighted by Gasteiger charge is -2.33. The van der Waals surface area contributed by atoms with Gasteiger partial charge in [0.25, 0.3) is 0 Å². The number of piperidine rings is 1. The quantitative estimate of drug-likeness (QED) is 0.787. The number of halogens is 2. The number of hydrogen-bond acceptors (Lipinski definition) is 3. The van der Waals surface area contributed by atoms with E-state index >= 15 is 0 Å². The second-order valence-corrected chi connectivity index (χ2v) is 5.17. The van der Waals surface area contributed by atoms with Gasteiger partial charge in [-0.05, 0) is 41.3 Å². The predicted molar refractivity (Wildman–Crippen MR) is 68.0 cm³/mol. The van der Waals surface area contributed by atoms with Crippen LogP contribution in [0.25, 0.3) is 0 Å². The molecule has 1 aromatic heterocycles. The molecule has 0 N–H and O–H groups in total. The zero-order valence-corrected chi connectivity index (χ0v) is 11.0. The number of anilines is 1. The zero-order chi connectivity index (χ0) is 11.5. The van der Waals surface area contributed by atoms with Crippen molar-refractivity contribution in [2.24, 2.45) is 0 Å². The molecular formula is C11H12BrClN2O. The maximum absolute atomic E-state index is 11.0. The number of aldehydes is 1. The lowest BCUT2D eigenvalue weighted by atomic mass is 10.0. The van der Waals surface area contributed by atoms with Crippen molar-refractivity contribution >= 4 is 39.6 Å². The van der Waals surface area contributed by atoms with Crippen molar-refractivity contribution in [3.8, 4) is 0 Å². The number of aromatic nitrogens is 1. The van der Waals surface area contributed by atoms with Crippen LogP contribution in [0.2, 0.25) is 5.02 Å². The van der Waals surface area contributed by atoms with Gasteiger partial charge in [-0.25, -0.2) is 4.98 Å². The summed E-state index contributed by atoms with van der Waals surface area (Å²) in [6.45, 7) is 0.845. The van der Waals surface area contributed by atoms with Crippen molar-refractivity contribution in [2.45, 2.75) is 25.3 Å². The molecule has 0 spiro atoms. The Labute approximate surface area is 108 Å². The Morgan fingerprint density at radius 3 is 3.06 bits per heavy atom. The van der Waals surface area contributed by atoms with E-state index in [0.717, 1.165) is 36.6 Å². The zero-order valence-electron chi connectivity index (χ0n) is 8.70. The maximum atomic E-state index is 11.0. The summed E-state index contributed by atoms with van der Waals surface area (Å²) >= 11 is 9.45. The first kappa shape index (κ1) is 11.9. The minimum absolute atomic E-state index is 0.0834. The van der Waals surface area contributed by atoms with Crippen molar-refractivity contribution in [2.75, 3.05) is 11.4 Å². The highest BCUT2D eigenvalue weighted by molar-refractivity contribution is 9.10. The summed E-state index contributed by atoms with van der Waals surface area (Å²) in [5.74, 6) is 0.710. The van der Waals surface area contributed by atoms with Crippen molar-refractivity contribution in [3.63, 3.8) is 0 Å². The average molecular weight is 304 g/mol. The molecule has 0 saturated carbocycles. The Balaban J connectivity index is 2.30. The van der Waals surface area contributed by atoms with E-state index in [-0.39, 0.29) is 6.04 Å². The molecule has 3 nitrogen and oxygen atoms in total. The Bertz CT molecular complexity index is 400. The number of rotatable bonds is 2. The predicted octanol–water partition coefficient (Wildman–Crippen LogP) is 3.06. The highest BCUT2D eigenvalue weighted by Gasteiger charge is 2.24. The van der Waals surface area contributed by atoms with Gasteiger partial charge in [-0.15, -0.1) is 0 Å². The number of nitrogens with zero attached hydrogens (tertiary/aromatic N) is 2. The van der Waals surface area contributed by atoms with E-state index in [9.17, 15) is 4.79 Å². The fourth-order valence-corrected chi connectivity index (χ4v) is 2.72. The van der Waals surface area contributed by atoms with Crippen LogP contribution in [0.4, 0.5) is 5.82 Å². The molecule has 1 fully saturated rings. The van der Waals surface area contributed by atoms with Crippen LogP contribution in [0, 0.1) is 0 Å². The highest BCUT2D eigenvalue weighted by Crippen LogP contribution is 2.30. The molecular weight excluding hydrogens is 291 g/mol. The molecule has 1 aromatic rings. The van der Waals surface area contributed by atoms with Crippen LogP contribution in [-0.4, -0.2) is 23.9 Å². The smallest absolute Gasteiger partial charge is 0.148 e. The van der Waals surface area contributed by atoms with Gasteiger partial charge in [0, 0.05) is 17.2 Å². The van der Waals surface area contributed by atoms with Crippen LogP contribution in [0.15, 0.2) is 16.7 Å². The molecule has 2 rings (SSSR count). The molecule has 5 heteroatoms. The largest absolute Gasteiger partial charge is 0.346 e. The molecule has 0 aromatic carbocycles. The van der Waals surface area contributed by atoms with Crippen molar-refractivity contribution in [1.29, 1.82) is 0 Å². The maximum Gasteiger partial charge on any atom is 0.148 e. The Hall–Kier alpha value is -0.610. The fourth-order valence-electron chi connectivity index (χ4n) is 1.98. The van der Waals surface area contributed by atoms with Gasteiger partial charge in [0.2, 0.25) is 0 Å². The highest BCUT2D eigenvalue weighted by atomic mass is 79.9. The van der Waals surface area contributed by atoms with E-state index < -0.39 is 0 Å². The minimum atomic E-state index is -0.0834. The second-order valence-electron chi connectivity index (χ2n) is 3.85. The van der Waals surface area contributed by atoms with Crippen LogP contribution in [-0.2, 0) is 4.79 Å². The van der Waals surface area contributed by atoms with E-state index in [1.807, 2.05) is 4.90 Å². The van der Waals surface area contributed by atoms with Crippen molar-refractivity contribution < 1.29 is 4.79 Å². The first-order valence-corrected chi connectivity index (χ1v) is 6.42. The van der Waals surface area contributed by atoms with Crippen molar-refractivity contribution in [1.82, 2.24) is 4.98 Å². The van der Waals surface area contributed by atoms with Gasteiger partial charge in [0.15, 0.2) is 0 Å². The molecule has 0 radical (unpaired) electrons. The number of carbonyl (C=O) groups excluding carboxylic acids is 1. The van der Waals surface area contributed by atoms with Gasteiger partial charge in [0.05, 0.1) is 11.1 Å². The summed E-state index contributed by atoms with van der Waals surface area (Å²) in [6, 6.07) is 1.72. The topological polar surface area (TPSA) is 33.2 Å². The molecule has 1 aliphatic heterocycles. The van der Waals surface area contributed by atoms with Crippen LogP contribution in [0.5, 0.6) is 0 Å². The van der Waals surface area contributed by atoms with Crippen molar-refractivity contribution in [3.05, 3.63) is 21.8 Å². The van der Waals surface area contributed by atoms with Crippen LogP contribution >= 0.6 is 27.5 Å². The molecule has 1 unspecified atom stereocenters. The third-order valence-electron chi connectivity index (χ3n) is 2.77. The minimum Gasteiger partial charge on any atom is -0.346 e. The number of hydrogen-bond donors (Lipinski definition) is 0. The Morgan fingerprint density at radius 1 is 1.56 bits per heavy atom. The molecule has 0 amide bonds. The van der Waals surface area contributed by atoms with Crippen LogP contribution in [0.3, 0.4) is 0 Å². The molecule has 2 heterocycles. The molecule has 1 atom stereocenters. The summed E-state index contributed by atoms with van der Waals surface area (Å²) in [5.41, 5.74) is 0. The van der Waals surface area contributed by atoms with E-state index in [2.05, 4.69) is 20.9 Å². The van der Waals surface area contributed by atoms with E-state index in [4.69, 9.17) is 11.6 Å². The van der Waals surface area contributed by atoms with E-state index in [1.54, 1.807) is 12.3 Å². The monoisotopic (exact) mass is 302 g/mol. The fraction of sp³-hybridized carbons (Fsp3) is 0.455. The Morgan fingerprint density at radius 2 is 2.38 bits per heavy atom. The van der Waals surface area contributed by atoms with Gasteiger partial charge >= 0.3 is 0 Å². The first-order valence-electron chi connectivity index (χ1n) is 5.25. The van der Waals surface area contributed by atoms with Gasteiger partial charge in [0.1, 0.15) is 12.1 Å². The third kappa shape index (κ3) is 2.38. The molecule has 0 aliphatic carbocycles. The molecule has 1 saturated heterocycles. The van der Waals surface area contributed by atoms with Gasteiger partial charge in [-0.3, -0.25) is 0 Å². The van der Waals surface area contributed by atoms with Crippen LogP contribution in [0.1, 0.15) is 19.3 Å². The number of pyridine rings is 1. The summed E-state index contributed by atoms with van der Waals surface area (Å²) in [6.07, 6.45) is 5.75. The molecule has 86 valence electrons. The summed E-state index contributed by atoms with van der Waals surface area (Å²) < 4.78 is 0.848.